The first-order valence-corrected chi connectivity index (χ1v) is 10.0. The van der Waals surface area contributed by atoms with Crippen molar-refractivity contribution in [2.45, 2.75) is 30.4 Å². The highest BCUT2D eigenvalue weighted by molar-refractivity contribution is 7.99. The van der Waals surface area contributed by atoms with Gasteiger partial charge in [-0.15, -0.1) is 11.8 Å². The summed E-state index contributed by atoms with van der Waals surface area (Å²) < 4.78 is 5.22. The molecule has 6 heteroatoms. The summed E-state index contributed by atoms with van der Waals surface area (Å²) in [4.78, 5) is 40.0. The first-order valence-electron chi connectivity index (χ1n) is 9.13. The first-order chi connectivity index (χ1) is 13.4. The molecule has 0 N–H and O–H groups in total. The number of hydrogen-bond donors (Lipinski definition) is 0. The van der Waals surface area contributed by atoms with Crippen molar-refractivity contribution in [3.63, 3.8) is 0 Å². The third kappa shape index (κ3) is 4.12. The Bertz CT molecular complexity index is 894. The molecule has 2 aromatic rings. The monoisotopic (exact) mass is 397 g/mol. The van der Waals surface area contributed by atoms with Gasteiger partial charge in [-0.05, 0) is 43.7 Å². The van der Waals surface area contributed by atoms with E-state index in [0.717, 1.165) is 21.9 Å². The van der Waals surface area contributed by atoms with Crippen LogP contribution in [0.15, 0.2) is 53.4 Å². The van der Waals surface area contributed by atoms with Crippen LogP contribution in [0, 0.1) is 5.92 Å². The molecule has 0 saturated carbocycles. The van der Waals surface area contributed by atoms with Crippen LogP contribution in [0.5, 0.6) is 5.75 Å². The maximum Gasteiger partial charge on any atom is 0.239 e. The Labute approximate surface area is 169 Å². The van der Waals surface area contributed by atoms with Crippen LogP contribution < -0.4 is 9.64 Å². The number of nitrogens with zero attached hydrogens (tertiary/aromatic N) is 1. The van der Waals surface area contributed by atoms with Crippen molar-refractivity contribution in [3.05, 3.63) is 54.1 Å². The normalized spacial score (nSPS) is 19.0. The number of ketones is 2. The molecule has 0 aliphatic carbocycles. The molecule has 0 spiro atoms. The Morgan fingerprint density at radius 3 is 2.36 bits per heavy atom. The number of anilines is 1. The van der Waals surface area contributed by atoms with Crippen LogP contribution in [-0.4, -0.2) is 31.1 Å². The molecule has 3 rings (SSSR count). The van der Waals surface area contributed by atoms with Crippen molar-refractivity contribution >= 4 is 34.9 Å². The standard InChI is InChI=1S/C22H23NO4S/c1-14(24)12-13-23-18-6-4-5-7-19(18)28-21(20(15(2)25)22(23)26)16-8-10-17(27-3)11-9-16/h4-11,20-21H,12-13H2,1-3H3/t20-,21-/m1/s1. The minimum absolute atomic E-state index is 0.00765. The molecule has 0 fully saturated rings. The minimum atomic E-state index is -0.822. The van der Waals surface area contributed by atoms with Crippen LogP contribution in [0.1, 0.15) is 31.1 Å². The number of carbonyl (C=O) groups is 3. The molecule has 0 saturated heterocycles. The van der Waals surface area contributed by atoms with E-state index in [2.05, 4.69) is 0 Å². The molecule has 28 heavy (non-hydrogen) atoms. The van der Waals surface area contributed by atoms with Crippen molar-refractivity contribution in [3.8, 4) is 5.75 Å². The van der Waals surface area contributed by atoms with Gasteiger partial charge in [-0.3, -0.25) is 14.4 Å². The average Bonchev–Trinajstić information content (AvgIpc) is 2.80. The zero-order valence-electron chi connectivity index (χ0n) is 16.2. The fraction of sp³-hybridized carbons (Fsp3) is 0.318. The fourth-order valence-electron chi connectivity index (χ4n) is 3.34. The van der Waals surface area contributed by atoms with Crippen molar-refractivity contribution in [2.75, 3.05) is 18.6 Å². The van der Waals surface area contributed by atoms with E-state index in [-0.39, 0.29) is 35.7 Å². The highest BCUT2D eigenvalue weighted by Gasteiger charge is 2.41. The van der Waals surface area contributed by atoms with Crippen molar-refractivity contribution < 1.29 is 19.1 Å². The topological polar surface area (TPSA) is 63.7 Å². The van der Waals surface area contributed by atoms with E-state index in [9.17, 15) is 14.4 Å². The molecular formula is C22H23NO4S. The predicted molar refractivity (Wildman–Crippen MR) is 110 cm³/mol. The molecule has 0 bridgehead atoms. The molecule has 0 aromatic heterocycles. The van der Waals surface area contributed by atoms with Gasteiger partial charge in [0.25, 0.3) is 0 Å². The number of para-hydroxylation sites is 1. The van der Waals surface area contributed by atoms with E-state index >= 15 is 0 Å². The lowest BCUT2D eigenvalue weighted by molar-refractivity contribution is -0.131. The number of fused-ring (bicyclic) bond motifs is 1. The fourth-order valence-corrected chi connectivity index (χ4v) is 4.81. The van der Waals surface area contributed by atoms with Gasteiger partial charge in [0.2, 0.25) is 5.91 Å². The summed E-state index contributed by atoms with van der Waals surface area (Å²) in [7, 11) is 1.60. The van der Waals surface area contributed by atoms with E-state index in [1.807, 2.05) is 48.5 Å². The van der Waals surface area contributed by atoms with Crippen molar-refractivity contribution in [1.29, 1.82) is 0 Å². The van der Waals surface area contributed by atoms with Gasteiger partial charge >= 0.3 is 0 Å². The lowest BCUT2D eigenvalue weighted by atomic mass is 9.93. The summed E-state index contributed by atoms with van der Waals surface area (Å²) >= 11 is 1.51. The molecule has 1 heterocycles. The number of amides is 1. The van der Waals surface area contributed by atoms with Crippen LogP contribution in [0.3, 0.4) is 0 Å². The van der Waals surface area contributed by atoms with Crippen LogP contribution in [0.4, 0.5) is 5.69 Å². The number of carbonyl (C=O) groups excluding carboxylic acids is 3. The molecule has 1 amide bonds. The minimum Gasteiger partial charge on any atom is -0.497 e. The van der Waals surface area contributed by atoms with Gasteiger partial charge in [0.05, 0.1) is 18.0 Å². The van der Waals surface area contributed by atoms with Gasteiger partial charge < -0.3 is 9.64 Å². The Kier molecular flexibility index (Phi) is 6.19. The second-order valence-corrected chi connectivity index (χ2v) is 7.99. The SMILES string of the molecule is COc1ccc([C@H]2Sc3ccccc3N(CCC(C)=O)C(=O)[C@@H]2C(C)=O)cc1. The lowest BCUT2D eigenvalue weighted by Crippen LogP contribution is -2.41. The second kappa shape index (κ2) is 8.61. The van der Waals surface area contributed by atoms with E-state index in [1.165, 1.54) is 25.6 Å². The second-order valence-electron chi connectivity index (χ2n) is 6.81. The van der Waals surface area contributed by atoms with Crippen LogP contribution >= 0.6 is 11.8 Å². The van der Waals surface area contributed by atoms with E-state index in [4.69, 9.17) is 4.74 Å². The van der Waals surface area contributed by atoms with E-state index in [1.54, 1.807) is 12.0 Å². The number of Topliss-reactive ketones (excluding diaryl/α,β-unsaturated/α-hetero) is 2. The third-order valence-electron chi connectivity index (χ3n) is 4.81. The summed E-state index contributed by atoms with van der Waals surface area (Å²) in [6.07, 6.45) is 0.253. The average molecular weight is 397 g/mol. The number of rotatable bonds is 6. The Morgan fingerprint density at radius 2 is 1.75 bits per heavy atom. The quantitative estimate of drug-likeness (QED) is 0.688. The summed E-state index contributed by atoms with van der Waals surface area (Å²) in [5.41, 5.74) is 1.64. The molecule has 2 aromatic carbocycles. The van der Waals surface area contributed by atoms with Gasteiger partial charge in [-0.1, -0.05) is 24.3 Å². The molecule has 0 unspecified atom stereocenters. The van der Waals surface area contributed by atoms with Gasteiger partial charge in [0, 0.05) is 17.9 Å². The molecule has 0 radical (unpaired) electrons. The third-order valence-corrected chi connectivity index (χ3v) is 6.21. The van der Waals surface area contributed by atoms with E-state index < -0.39 is 5.92 Å². The van der Waals surface area contributed by atoms with Gasteiger partial charge in [-0.25, -0.2) is 0 Å². The molecular weight excluding hydrogens is 374 g/mol. The van der Waals surface area contributed by atoms with Gasteiger partial charge in [-0.2, -0.15) is 0 Å². The number of thioether (sulfide) groups is 1. The smallest absolute Gasteiger partial charge is 0.239 e. The lowest BCUT2D eigenvalue weighted by Gasteiger charge is -2.26. The van der Waals surface area contributed by atoms with Crippen LogP contribution in [-0.2, 0) is 14.4 Å². The van der Waals surface area contributed by atoms with Gasteiger partial charge in [0.1, 0.15) is 23.2 Å². The van der Waals surface area contributed by atoms with E-state index in [0.29, 0.717) is 0 Å². The predicted octanol–water partition coefficient (Wildman–Crippen LogP) is 4.06. The largest absolute Gasteiger partial charge is 0.497 e. The van der Waals surface area contributed by atoms with Crippen molar-refractivity contribution in [2.24, 2.45) is 5.92 Å². The molecule has 2 atom stereocenters. The highest BCUT2D eigenvalue weighted by Crippen LogP contribution is 2.48. The number of benzene rings is 2. The summed E-state index contributed by atoms with van der Waals surface area (Å²) in [6.45, 7) is 3.23. The van der Waals surface area contributed by atoms with Crippen LogP contribution in [0.25, 0.3) is 0 Å². The Morgan fingerprint density at radius 1 is 1.07 bits per heavy atom. The highest BCUT2D eigenvalue weighted by atomic mass is 32.2. The van der Waals surface area contributed by atoms with Gasteiger partial charge in [0.15, 0.2) is 0 Å². The Balaban J connectivity index is 2.08. The van der Waals surface area contributed by atoms with Crippen molar-refractivity contribution in [1.82, 2.24) is 0 Å². The number of methoxy groups -OCH3 is 1. The maximum absolute atomic E-state index is 13.4. The molecule has 1 aliphatic rings. The summed E-state index contributed by atoms with van der Waals surface area (Å²) in [5.74, 6) is -0.534. The number of ether oxygens (including phenoxy) is 1. The Hall–Kier alpha value is -2.60. The number of hydrogen-bond acceptors (Lipinski definition) is 5. The summed E-state index contributed by atoms with van der Waals surface area (Å²) in [6, 6.07) is 15.1. The van der Waals surface area contributed by atoms with Crippen LogP contribution in [0.2, 0.25) is 0 Å². The molecule has 5 nitrogen and oxygen atoms in total. The molecule has 1 aliphatic heterocycles. The molecule has 146 valence electrons. The zero-order valence-corrected chi connectivity index (χ0v) is 17.0. The summed E-state index contributed by atoms with van der Waals surface area (Å²) in [5, 5.41) is -0.348. The zero-order chi connectivity index (χ0) is 20.3. The maximum atomic E-state index is 13.4. The first kappa shape index (κ1) is 20.1.